The van der Waals surface area contributed by atoms with Gasteiger partial charge in [-0.15, -0.1) is 11.3 Å². The lowest BCUT2D eigenvalue weighted by Gasteiger charge is -2.06. The quantitative estimate of drug-likeness (QED) is 0.257. The van der Waals surface area contributed by atoms with Gasteiger partial charge in [0.05, 0.1) is 6.61 Å². The first kappa shape index (κ1) is 21.5. The van der Waals surface area contributed by atoms with Crippen molar-refractivity contribution in [3.8, 4) is 5.75 Å². The average molecular weight is 353 g/mol. The van der Waals surface area contributed by atoms with Gasteiger partial charge in [-0.1, -0.05) is 97.3 Å². The van der Waals surface area contributed by atoms with Gasteiger partial charge in [0, 0.05) is 4.88 Å². The molecule has 24 heavy (non-hydrogen) atoms. The normalized spacial score (nSPS) is 11.1. The van der Waals surface area contributed by atoms with Gasteiger partial charge in [0.15, 0.2) is 0 Å². The Balaban J connectivity index is 1.76. The van der Waals surface area contributed by atoms with Crippen molar-refractivity contribution in [1.29, 1.82) is 0 Å². The molecule has 0 saturated carbocycles. The SMILES string of the molecule is CCCCCCCCCCCCCCCCOc1ccsc1CC. The van der Waals surface area contributed by atoms with Gasteiger partial charge in [-0.05, 0) is 24.3 Å². The predicted molar refractivity (Wildman–Crippen MR) is 110 cm³/mol. The van der Waals surface area contributed by atoms with E-state index >= 15 is 0 Å². The Hall–Kier alpha value is -0.500. The molecular formula is C22H40OS. The summed E-state index contributed by atoms with van der Waals surface area (Å²) in [5, 5.41) is 2.14. The summed E-state index contributed by atoms with van der Waals surface area (Å²) in [7, 11) is 0. The molecule has 0 spiro atoms. The molecule has 2 heteroatoms. The Bertz CT molecular complexity index is 372. The van der Waals surface area contributed by atoms with E-state index in [2.05, 4.69) is 25.3 Å². The predicted octanol–water partition coefficient (Wildman–Crippen LogP) is 8.17. The van der Waals surface area contributed by atoms with E-state index in [4.69, 9.17) is 4.74 Å². The first-order valence-corrected chi connectivity index (χ1v) is 11.5. The molecule has 0 saturated heterocycles. The minimum Gasteiger partial charge on any atom is -0.492 e. The van der Waals surface area contributed by atoms with E-state index in [0.29, 0.717) is 0 Å². The van der Waals surface area contributed by atoms with E-state index in [1.165, 1.54) is 94.8 Å². The van der Waals surface area contributed by atoms with Crippen molar-refractivity contribution in [2.75, 3.05) is 6.61 Å². The van der Waals surface area contributed by atoms with Crippen molar-refractivity contribution in [3.63, 3.8) is 0 Å². The van der Waals surface area contributed by atoms with Crippen molar-refractivity contribution in [2.45, 2.75) is 110 Å². The van der Waals surface area contributed by atoms with Crippen molar-refractivity contribution >= 4 is 11.3 Å². The van der Waals surface area contributed by atoms with Gasteiger partial charge in [0.1, 0.15) is 5.75 Å². The molecule has 1 rings (SSSR count). The zero-order valence-corrected chi connectivity index (χ0v) is 17.1. The lowest BCUT2D eigenvalue weighted by molar-refractivity contribution is 0.303. The summed E-state index contributed by atoms with van der Waals surface area (Å²) >= 11 is 1.81. The first-order valence-electron chi connectivity index (χ1n) is 10.6. The van der Waals surface area contributed by atoms with Crippen LogP contribution in [0.5, 0.6) is 5.75 Å². The molecule has 1 nitrogen and oxygen atoms in total. The molecule has 0 aromatic carbocycles. The third kappa shape index (κ3) is 11.1. The summed E-state index contributed by atoms with van der Waals surface area (Å²) < 4.78 is 5.89. The summed E-state index contributed by atoms with van der Waals surface area (Å²) in [6.45, 7) is 5.38. The second-order valence-corrected chi connectivity index (χ2v) is 8.01. The molecular weight excluding hydrogens is 312 g/mol. The number of aryl methyl sites for hydroxylation is 1. The van der Waals surface area contributed by atoms with Crippen LogP contribution in [0.4, 0.5) is 0 Å². The summed E-state index contributed by atoms with van der Waals surface area (Å²) in [4.78, 5) is 1.39. The highest BCUT2D eigenvalue weighted by Gasteiger charge is 2.02. The van der Waals surface area contributed by atoms with Crippen LogP contribution in [0.3, 0.4) is 0 Å². The van der Waals surface area contributed by atoms with Gasteiger partial charge in [-0.2, -0.15) is 0 Å². The van der Waals surface area contributed by atoms with Gasteiger partial charge >= 0.3 is 0 Å². The molecule has 0 aliphatic carbocycles. The Labute approximate surface area is 155 Å². The van der Waals surface area contributed by atoms with E-state index in [0.717, 1.165) is 18.8 Å². The Morgan fingerprint density at radius 3 is 1.71 bits per heavy atom. The standard InChI is InChI=1S/C22H40OS/c1-3-5-6-7-8-9-10-11-12-13-14-15-16-17-19-23-21-18-20-24-22(21)4-2/h18,20H,3-17,19H2,1-2H3. The van der Waals surface area contributed by atoms with Gasteiger partial charge in [-0.3, -0.25) is 0 Å². The molecule has 0 atom stereocenters. The second-order valence-electron chi connectivity index (χ2n) is 7.01. The lowest BCUT2D eigenvalue weighted by atomic mass is 10.0. The number of ether oxygens (including phenoxy) is 1. The van der Waals surface area contributed by atoms with Crippen LogP contribution in [-0.4, -0.2) is 6.61 Å². The fraction of sp³-hybridized carbons (Fsp3) is 0.818. The molecule has 1 aromatic rings. The fourth-order valence-electron chi connectivity index (χ4n) is 3.19. The van der Waals surface area contributed by atoms with Crippen LogP contribution in [0.2, 0.25) is 0 Å². The molecule has 0 aliphatic heterocycles. The van der Waals surface area contributed by atoms with E-state index < -0.39 is 0 Å². The van der Waals surface area contributed by atoms with E-state index in [1.54, 1.807) is 0 Å². The van der Waals surface area contributed by atoms with Crippen LogP contribution in [0, 0.1) is 0 Å². The molecule has 0 fully saturated rings. The van der Waals surface area contributed by atoms with Crippen LogP contribution < -0.4 is 4.74 Å². The summed E-state index contributed by atoms with van der Waals surface area (Å²) in [6, 6.07) is 2.12. The monoisotopic (exact) mass is 352 g/mol. The minimum absolute atomic E-state index is 0.891. The number of hydrogen-bond acceptors (Lipinski definition) is 2. The van der Waals surface area contributed by atoms with Crippen LogP contribution in [-0.2, 0) is 6.42 Å². The third-order valence-corrected chi connectivity index (χ3v) is 5.83. The molecule has 1 heterocycles. The summed E-state index contributed by atoms with van der Waals surface area (Å²) in [5.74, 6) is 1.12. The molecule has 0 N–H and O–H groups in total. The highest BCUT2D eigenvalue weighted by molar-refractivity contribution is 7.10. The van der Waals surface area contributed by atoms with Crippen LogP contribution in [0.15, 0.2) is 11.4 Å². The van der Waals surface area contributed by atoms with E-state index in [-0.39, 0.29) is 0 Å². The summed E-state index contributed by atoms with van der Waals surface area (Å²) in [5.41, 5.74) is 0. The van der Waals surface area contributed by atoms with Gasteiger partial charge < -0.3 is 4.74 Å². The maximum absolute atomic E-state index is 5.89. The Kier molecular flexibility index (Phi) is 14.4. The Morgan fingerprint density at radius 2 is 1.21 bits per heavy atom. The zero-order valence-electron chi connectivity index (χ0n) is 16.3. The number of unbranched alkanes of at least 4 members (excludes halogenated alkanes) is 13. The van der Waals surface area contributed by atoms with Crippen molar-refractivity contribution in [1.82, 2.24) is 0 Å². The highest BCUT2D eigenvalue weighted by Crippen LogP contribution is 2.25. The third-order valence-electron chi connectivity index (χ3n) is 4.78. The molecule has 0 amide bonds. The minimum atomic E-state index is 0.891. The topological polar surface area (TPSA) is 9.23 Å². The van der Waals surface area contributed by atoms with Crippen molar-refractivity contribution in [2.24, 2.45) is 0 Å². The van der Waals surface area contributed by atoms with E-state index in [1.807, 2.05) is 11.3 Å². The Morgan fingerprint density at radius 1 is 0.708 bits per heavy atom. The van der Waals surface area contributed by atoms with Crippen LogP contribution in [0.25, 0.3) is 0 Å². The first-order chi connectivity index (χ1) is 11.9. The van der Waals surface area contributed by atoms with Gasteiger partial charge in [0.25, 0.3) is 0 Å². The molecule has 0 bridgehead atoms. The zero-order chi connectivity index (χ0) is 17.3. The fourth-order valence-corrected chi connectivity index (χ4v) is 3.96. The van der Waals surface area contributed by atoms with E-state index in [9.17, 15) is 0 Å². The summed E-state index contributed by atoms with van der Waals surface area (Å²) in [6.07, 6.45) is 20.8. The largest absolute Gasteiger partial charge is 0.492 e. The molecule has 0 unspecified atom stereocenters. The van der Waals surface area contributed by atoms with Crippen LogP contribution in [0.1, 0.15) is 109 Å². The lowest BCUT2D eigenvalue weighted by Crippen LogP contribution is -1.97. The van der Waals surface area contributed by atoms with Crippen LogP contribution >= 0.6 is 11.3 Å². The molecule has 140 valence electrons. The second kappa shape index (κ2) is 16.0. The van der Waals surface area contributed by atoms with Gasteiger partial charge in [0.2, 0.25) is 0 Å². The molecule has 1 aromatic heterocycles. The highest BCUT2D eigenvalue weighted by atomic mass is 32.1. The maximum atomic E-state index is 5.89. The van der Waals surface area contributed by atoms with Crippen molar-refractivity contribution < 1.29 is 4.74 Å². The average Bonchev–Trinajstić information content (AvgIpc) is 3.06. The number of hydrogen-bond donors (Lipinski definition) is 0. The van der Waals surface area contributed by atoms with Crippen molar-refractivity contribution in [3.05, 3.63) is 16.3 Å². The molecule has 0 radical (unpaired) electrons. The maximum Gasteiger partial charge on any atom is 0.133 e. The smallest absolute Gasteiger partial charge is 0.133 e. The van der Waals surface area contributed by atoms with Gasteiger partial charge in [-0.25, -0.2) is 0 Å². The number of rotatable bonds is 17. The molecule has 0 aliphatic rings. The number of thiophene rings is 1.